The van der Waals surface area contributed by atoms with Crippen LogP contribution in [-0.2, 0) is 9.59 Å². The van der Waals surface area contributed by atoms with E-state index >= 15 is 0 Å². The summed E-state index contributed by atoms with van der Waals surface area (Å²) in [4.78, 5) is 18.1. The van der Waals surface area contributed by atoms with E-state index in [1.165, 1.54) is 0 Å². The SMILES string of the molecule is O=CNC=O.[NaH]. The second kappa shape index (κ2) is 8.94. The molecule has 0 rings (SSSR count). The van der Waals surface area contributed by atoms with Crippen molar-refractivity contribution >= 4 is 42.4 Å². The van der Waals surface area contributed by atoms with Crippen molar-refractivity contribution in [1.29, 1.82) is 0 Å². The Labute approximate surface area is 57.4 Å². The first-order chi connectivity index (χ1) is 2.41. The van der Waals surface area contributed by atoms with E-state index in [1.807, 2.05) is 0 Å². The van der Waals surface area contributed by atoms with Crippen molar-refractivity contribution < 1.29 is 9.59 Å². The van der Waals surface area contributed by atoms with Crippen LogP contribution in [0.1, 0.15) is 0 Å². The van der Waals surface area contributed by atoms with E-state index in [-0.39, 0.29) is 29.6 Å². The fourth-order valence-corrected chi connectivity index (χ4v) is 0.0278. The molecule has 0 spiro atoms. The van der Waals surface area contributed by atoms with Crippen LogP contribution in [0, 0.1) is 0 Å². The molecule has 30 valence electrons. The molecule has 0 aromatic carbocycles. The normalized spacial score (nSPS) is 4.67. The summed E-state index contributed by atoms with van der Waals surface area (Å²) in [5.74, 6) is 0. The van der Waals surface area contributed by atoms with Crippen molar-refractivity contribution in [2.24, 2.45) is 0 Å². The summed E-state index contributed by atoms with van der Waals surface area (Å²) in [5, 5.41) is 1.75. The molecule has 0 fully saturated rings. The number of imide groups is 1. The Hall–Kier alpha value is 0.140. The number of carbonyl (C=O) groups excluding carboxylic acids is 2. The Balaban J connectivity index is 0. The summed E-state index contributed by atoms with van der Waals surface area (Å²) in [6, 6.07) is 0. The van der Waals surface area contributed by atoms with Gasteiger partial charge in [-0.15, -0.1) is 0 Å². The number of nitrogens with one attached hydrogen (secondary N) is 1. The van der Waals surface area contributed by atoms with Crippen LogP contribution in [0.2, 0.25) is 0 Å². The van der Waals surface area contributed by atoms with Crippen molar-refractivity contribution in [3.63, 3.8) is 0 Å². The topological polar surface area (TPSA) is 46.2 Å². The summed E-state index contributed by atoms with van der Waals surface area (Å²) in [6.07, 6.45) is 0.625. The second-order valence-electron chi connectivity index (χ2n) is 0.402. The number of carbonyl (C=O) groups is 2. The van der Waals surface area contributed by atoms with Crippen LogP contribution in [0.3, 0.4) is 0 Å². The fourth-order valence-electron chi connectivity index (χ4n) is 0.0278. The van der Waals surface area contributed by atoms with Crippen LogP contribution < -0.4 is 5.32 Å². The van der Waals surface area contributed by atoms with Gasteiger partial charge in [0.15, 0.2) is 0 Å². The van der Waals surface area contributed by atoms with Crippen LogP contribution in [0.15, 0.2) is 0 Å². The van der Waals surface area contributed by atoms with Gasteiger partial charge >= 0.3 is 29.6 Å². The third kappa shape index (κ3) is 8.91. The molecule has 1 N–H and O–H groups in total. The zero-order chi connectivity index (χ0) is 4.12. The van der Waals surface area contributed by atoms with Gasteiger partial charge in [0.2, 0.25) is 12.8 Å². The second-order valence-corrected chi connectivity index (χ2v) is 0.402. The number of hydrogen-bond donors (Lipinski definition) is 1. The maximum atomic E-state index is 9.06. The Morgan fingerprint density at radius 1 is 1.17 bits per heavy atom. The molecule has 0 saturated carbocycles. The summed E-state index contributed by atoms with van der Waals surface area (Å²) >= 11 is 0. The van der Waals surface area contributed by atoms with E-state index in [0.29, 0.717) is 12.8 Å². The van der Waals surface area contributed by atoms with Gasteiger partial charge in [-0.1, -0.05) is 0 Å². The van der Waals surface area contributed by atoms with Gasteiger partial charge in [-0.3, -0.25) is 9.59 Å². The predicted octanol–water partition coefficient (Wildman–Crippen LogP) is -1.76. The van der Waals surface area contributed by atoms with Gasteiger partial charge in [0.05, 0.1) is 0 Å². The van der Waals surface area contributed by atoms with Crippen LogP contribution in [0.4, 0.5) is 0 Å². The van der Waals surface area contributed by atoms with Crippen molar-refractivity contribution in [2.75, 3.05) is 0 Å². The van der Waals surface area contributed by atoms with Gasteiger partial charge in [0.1, 0.15) is 0 Å². The minimum atomic E-state index is 0. The number of rotatable bonds is 2. The van der Waals surface area contributed by atoms with E-state index in [2.05, 4.69) is 0 Å². The molecule has 4 heteroatoms. The molecule has 0 radical (unpaired) electrons. The van der Waals surface area contributed by atoms with Crippen LogP contribution in [-0.4, -0.2) is 42.4 Å². The molecule has 0 bridgehead atoms. The summed E-state index contributed by atoms with van der Waals surface area (Å²) < 4.78 is 0. The molecule has 3 nitrogen and oxygen atoms in total. The van der Waals surface area contributed by atoms with Crippen molar-refractivity contribution in [3.8, 4) is 0 Å². The quantitative estimate of drug-likeness (QED) is 0.328. The number of hydrogen-bond acceptors (Lipinski definition) is 2. The Kier molecular flexibility index (Phi) is 14.1. The standard InChI is InChI=1S/C2H3NO2.Na.H/c4-1-3-2-5;;/h1-2H,(H,3,4,5);;. The third-order valence-corrected chi connectivity index (χ3v) is 0.136. The molecule has 0 aliphatic carbocycles. The molecule has 0 saturated heterocycles. The van der Waals surface area contributed by atoms with Crippen LogP contribution in [0.5, 0.6) is 0 Å². The molecule has 6 heavy (non-hydrogen) atoms. The maximum absolute atomic E-state index is 9.06. The fraction of sp³-hybridized carbons (Fsp3) is 0. The zero-order valence-corrected chi connectivity index (χ0v) is 2.47. The molecular weight excluding hydrogens is 93.0 g/mol. The van der Waals surface area contributed by atoms with Crippen LogP contribution in [0.25, 0.3) is 0 Å². The molecule has 0 aromatic heterocycles. The van der Waals surface area contributed by atoms with E-state index < -0.39 is 0 Å². The molecule has 0 aliphatic rings. The average Bonchev–Trinajstić information content (AvgIpc) is 1.41. The molecule has 0 heterocycles. The Bertz CT molecular complexity index is 40.8. The Morgan fingerprint density at radius 3 is 1.50 bits per heavy atom. The first-order valence-electron chi connectivity index (χ1n) is 1.05. The van der Waals surface area contributed by atoms with Gasteiger partial charge in [-0.25, -0.2) is 0 Å². The van der Waals surface area contributed by atoms with Crippen molar-refractivity contribution in [1.82, 2.24) is 5.32 Å². The first-order valence-corrected chi connectivity index (χ1v) is 1.05. The van der Waals surface area contributed by atoms with Crippen molar-refractivity contribution in [3.05, 3.63) is 0 Å². The monoisotopic (exact) mass is 97.0 g/mol. The molecule has 0 atom stereocenters. The van der Waals surface area contributed by atoms with Gasteiger partial charge in [0, 0.05) is 0 Å². The Morgan fingerprint density at radius 2 is 1.50 bits per heavy atom. The van der Waals surface area contributed by atoms with E-state index in [4.69, 9.17) is 9.59 Å². The van der Waals surface area contributed by atoms with E-state index in [9.17, 15) is 0 Å². The predicted molar refractivity (Wildman–Crippen MR) is 22.4 cm³/mol. The minimum absolute atomic E-state index is 0. The van der Waals surface area contributed by atoms with Gasteiger partial charge in [-0.2, -0.15) is 0 Å². The summed E-state index contributed by atoms with van der Waals surface area (Å²) in [7, 11) is 0. The van der Waals surface area contributed by atoms with E-state index in [0.717, 1.165) is 0 Å². The van der Waals surface area contributed by atoms with Gasteiger partial charge in [-0.05, 0) is 0 Å². The molecule has 0 aromatic rings. The van der Waals surface area contributed by atoms with Crippen molar-refractivity contribution in [2.45, 2.75) is 0 Å². The third-order valence-electron chi connectivity index (χ3n) is 0.136. The van der Waals surface area contributed by atoms with Crippen LogP contribution >= 0.6 is 0 Å². The molecule has 0 aliphatic heterocycles. The summed E-state index contributed by atoms with van der Waals surface area (Å²) in [6.45, 7) is 0. The number of amides is 2. The van der Waals surface area contributed by atoms with Gasteiger partial charge in [0.25, 0.3) is 0 Å². The average molecular weight is 97.0 g/mol. The zero-order valence-electron chi connectivity index (χ0n) is 2.47. The molecule has 0 unspecified atom stereocenters. The summed E-state index contributed by atoms with van der Waals surface area (Å²) in [5.41, 5.74) is 0. The van der Waals surface area contributed by atoms with Gasteiger partial charge < -0.3 is 5.32 Å². The first kappa shape index (κ1) is 9.46. The van der Waals surface area contributed by atoms with E-state index in [1.54, 1.807) is 5.32 Å². The molecule has 2 amide bonds. The molecular formula is C2H4NNaO2.